The third kappa shape index (κ3) is 3.72. The second-order valence-corrected chi connectivity index (χ2v) is 7.23. The summed E-state index contributed by atoms with van der Waals surface area (Å²) >= 11 is 0. The molecule has 1 aromatic carbocycles. The van der Waals surface area contributed by atoms with Gasteiger partial charge in [0.15, 0.2) is 0 Å². The molecular formula is C22H25N5O2. The van der Waals surface area contributed by atoms with Gasteiger partial charge in [0, 0.05) is 45.1 Å². The number of imide groups is 1. The van der Waals surface area contributed by atoms with Crippen molar-refractivity contribution in [3.05, 3.63) is 60.1 Å². The van der Waals surface area contributed by atoms with E-state index in [1.54, 1.807) is 18.5 Å². The normalized spacial score (nSPS) is 17.5. The number of carbonyl (C=O) groups is 2. The highest BCUT2D eigenvalue weighted by Crippen LogP contribution is 2.32. The molecule has 4 rings (SSSR count). The van der Waals surface area contributed by atoms with Crippen LogP contribution in [-0.2, 0) is 9.59 Å². The second-order valence-electron chi connectivity index (χ2n) is 7.23. The number of benzene rings is 1. The van der Waals surface area contributed by atoms with Crippen molar-refractivity contribution < 1.29 is 9.59 Å². The van der Waals surface area contributed by atoms with Crippen LogP contribution in [0, 0.1) is 0 Å². The topological polar surface area (TPSA) is 69.6 Å². The van der Waals surface area contributed by atoms with Crippen LogP contribution in [0.2, 0.25) is 0 Å². The lowest BCUT2D eigenvalue weighted by Gasteiger charge is -2.36. The summed E-state index contributed by atoms with van der Waals surface area (Å²) in [4.78, 5) is 40.6. The lowest BCUT2D eigenvalue weighted by molar-refractivity contribution is -0.137. The molecule has 150 valence electrons. The zero-order valence-electron chi connectivity index (χ0n) is 16.6. The zero-order chi connectivity index (χ0) is 20.2. The molecule has 3 heterocycles. The van der Waals surface area contributed by atoms with Crippen molar-refractivity contribution in [2.24, 2.45) is 0 Å². The Balaban J connectivity index is 1.61. The van der Waals surface area contributed by atoms with E-state index in [2.05, 4.69) is 21.8 Å². The van der Waals surface area contributed by atoms with Gasteiger partial charge in [-0.05, 0) is 18.1 Å². The summed E-state index contributed by atoms with van der Waals surface area (Å²) < 4.78 is 0. The lowest BCUT2D eigenvalue weighted by atomic mass is 10.0. The summed E-state index contributed by atoms with van der Waals surface area (Å²) in [5.74, 6) is 0.341. The predicted octanol–water partition coefficient (Wildman–Crippen LogP) is 2.18. The number of nitrogens with zero attached hydrogens (tertiary/aromatic N) is 5. The number of hydrogen-bond donors (Lipinski definition) is 0. The molecule has 0 N–H and O–H groups in total. The summed E-state index contributed by atoms with van der Waals surface area (Å²) in [7, 11) is 0. The minimum absolute atomic E-state index is 0.174. The van der Waals surface area contributed by atoms with E-state index >= 15 is 0 Å². The standard InChI is InChI=1S/C22H25N5O2/c1-2-3-12-27-20(28)18(17-8-5-4-6-9-17)19(21(27)29)25-13-15-26(16-14-25)22-23-10-7-11-24-22/h4-11H,2-3,12-16H2,1H3. The fraction of sp³-hybridized carbons (Fsp3) is 0.364. The number of carbonyl (C=O) groups excluding carboxylic acids is 2. The molecule has 7 heteroatoms. The number of rotatable bonds is 6. The van der Waals surface area contributed by atoms with Crippen molar-refractivity contribution in [3.63, 3.8) is 0 Å². The molecule has 0 spiro atoms. The molecule has 2 aliphatic heterocycles. The molecule has 0 radical (unpaired) electrons. The second kappa shape index (κ2) is 8.43. The summed E-state index contributed by atoms with van der Waals surface area (Å²) in [6.45, 7) is 5.21. The first-order valence-electron chi connectivity index (χ1n) is 10.1. The van der Waals surface area contributed by atoms with Crippen LogP contribution in [-0.4, -0.2) is 64.3 Å². The highest BCUT2D eigenvalue weighted by atomic mass is 16.2. The van der Waals surface area contributed by atoms with Gasteiger partial charge in [-0.25, -0.2) is 9.97 Å². The van der Waals surface area contributed by atoms with Crippen LogP contribution in [0.5, 0.6) is 0 Å². The van der Waals surface area contributed by atoms with E-state index in [1.807, 2.05) is 35.2 Å². The summed E-state index contributed by atoms with van der Waals surface area (Å²) in [5, 5.41) is 0. The molecule has 0 unspecified atom stereocenters. The first-order chi connectivity index (χ1) is 14.2. The van der Waals surface area contributed by atoms with Gasteiger partial charge in [-0.3, -0.25) is 14.5 Å². The average Bonchev–Trinajstić information content (AvgIpc) is 3.03. The number of anilines is 1. The van der Waals surface area contributed by atoms with Crippen LogP contribution in [0.1, 0.15) is 25.3 Å². The Hall–Kier alpha value is -3.22. The smallest absolute Gasteiger partial charge is 0.277 e. The van der Waals surface area contributed by atoms with Gasteiger partial charge in [0.2, 0.25) is 5.95 Å². The van der Waals surface area contributed by atoms with E-state index in [1.165, 1.54) is 4.90 Å². The Morgan fingerprint density at radius 2 is 1.52 bits per heavy atom. The fourth-order valence-electron chi connectivity index (χ4n) is 3.83. The van der Waals surface area contributed by atoms with Crippen molar-refractivity contribution in [2.75, 3.05) is 37.6 Å². The Labute approximate surface area is 170 Å². The molecule has 1 aromatic heterocycles. The van der Waals surface area contributed by atoms with Crippen LogP contribution in [0.3, 0.4) is 0 Å². The molecule has 0 saturated carbocycles. The molecule has 2 aromatic rings. The molecule has 0 atom stereocenters. The van der Waals surface area contributed by atoms with Gasteiger partial charge in [0.1, 0.15) is 5.70 Å². The van der Waals surface area contributed by atoms with Crippen molar-refractivity contribution in [1.82, 2.24) is 19.8 Å². The van der Waals surface area contributed by atoms with Crippen LogP contribution in [0.4, 0.5) is 5.95 Å². The van der Waals surface area contributed by atoms with Gasteiger partial charge in [0.25, 0.3) is 11.8 Å². The summed E-state index contributed by atoms with van der Waals surface area (Å²) in [6, 6.07) is 11.3. The lowest BCUT2D eigenvalue weighted by Crippen LogP contribution is -2.48. The van der Waals surface area contributed by atoms with Crippen LogP contribution < -0.4 is 4.90 Å². The van der Waals surface area contributed by atoms with Crippen molar-refractivity contribution in [2.45, 2.75) is 19.8 Å². The van der Waals surface area contributed by atoms with E-state index in [9.17, 15) is 9.59 Å². The maximum absolute atomic E-state index is 13.2. The Morgan fingerprint density at radius 3 is 2.17 bits per heavy atom. The van der Waals surface area contributed by atoms with Gasteiger partial charge < -0.3 is 9.80 Å². The highest BCUT2D eigenvalue weighted by Gasteiger charge is 2.41. The number of unbranched alkanes of at least 4 members (excludes halogenated alkanes) is 1. The fourth-order valence-corrected chi connectivity index (χ4v) is 3.83. The van der Waals surface area contributed by atoms with E-state index in [4.69, 9.17) is 0 Å². The Kier molecular flexibility index (Phi) is 5.55. The number of piperazine rings is 1. The SMILES string of the molecule is CCCCN1C(=O)C(c2ccccc2)=C(N2CCN(c3ncccn3)CC2)C1=O. The third-order valence-electron chi connectivity index (χ3n) is 5.37. The van der Waals surface area contributed by atoms with Gasteiger partial charge in [-0.1, -0.05) is 43.7 Å². The van der Waals surface area contributed by atoms with Gasteiger partial charge in [-0.2, -0.15) is 0 Å². The zero-order valence-corrected chi connectivity index (χ0v) is 16.6. The van der Waals surface area contributed by atoms with Crippen molar-refractivity contribution >= 4 is 23.3 Å². The summed E-state index contributed by atoms with van der Waals surface area (Å²) in [6.07, 6.45) is 5.21. The van der Waals surface area contributed by atoms with Crippen LogP contribution in [0.15, 0.2) is 54.5 Å². The van der Waals surface area contributed by atoms with Gasteiger partial charge in [-0.15, -0.1) is 0 Å². The largest absolute Gasteiger partial charge is 0.363 e. The van der Waals surface area contributed by atoms with Crippen molar-refractivity contribution in [3.8, 4) is 0 Å². The molecule has 29 heavy (non-hydrogen) atoms. The maximum Gasteiger partial charge on any atom is 0.277 e. The molecule has 1 saturated heterocycles. The molecular weight excluding hydrogens is 366 g/mol. The van der Waals surface area contributed by atoms with E-state index in [0.717, 1.165) is 18.4 Å². The molecule has 7 nitrogen and oxygen atoms in total. The first kappa shape index (κ1) is 19.1. The highest BCUT2D eigenvalue weighted by molar-refractivity contribution is 6.35. The molecule has 1 fully saturated rings. The quantitative estimate of drug-likeness (QED) is 0.703. The monoisotopic (exact) mass is 391 g/mol. The Morgan fingerprint density at radius 1 is 0.862 bits per heavy atom. The summed E-state index contributed by atoms with van der Waals surface area (Å²) in [5.41, 5.74) is 1.86. The molecule has 0 aliphatic carbocycles. The first-order valence-corrected chi connectivity index (χ1v) is 10.1. The minimum atomic E-state index is -0.182. The van der Waals surface area contributed by atoms with Crippen LogP contribution >= 0.6 is 0 Å². The van der Waals surface area contributed by atoms with Crippen LogP contribution in [0.25, 0.3) is 5.57 Å². The van der Waals surface area contributed by atoms with Crippen molar-refractivity contribution in [1.29, 1.82) is 0 Å². The predicted molar refractivity (Wildman–Crippen MR) is 111 cm³/mol. The molecule has 2 amide bonds. The average molecular weight is 391 g/mol. The Bertz CT molecular complexity index is 905. The van der Waals surface area contributed by atoms with E-state index in [-0.39, 0.29) is 11.8 Å². The third-order valence-corrected chi connectivity index (χ3v) is 5.37. The number of amides is 2. The minimum Gasteiger partial charge on any atom is -0.363 e. The van der Waals surface area contributed by atoms with Gasteiger partial charge >= 0.3 is 0 Å². The number of hydrogen-bond acceptors (Lipinski definition) is 6. The molecule has 2 aliphatic rings. The number of aromatic nitrogens is 2. The van der Waals surface area contributed by atoms with E-state index in [0.29, 0.717) is 49.9 Å². The van der Waals surface area contributed by atoms with Gasteiger partial charge in [0.05, 0.1) is 5.57 Å². The maximum atomic E-state index is 13.2. The molecule has 0 bridgehead atoms. The van der Waals surface area contributed by atoms with E-state index < -0.39 is 0 Å².